The number of amides is 1. The van der Waals surface area contributed by atoms with E-state index in [0.29, 0.717) is 17.3 Å². The number of hydrogen-bond acceptors (Lipinski definition) is 3. The summed E-state index contributed by atoms with van der Waals surface area (Å²) < 4.78 is 5.77. The van der Waals surface area contributed by atoms with E-state index in [1.54, 1.807) is 6.07 Å². The standard InChI is InChI=1S/C23H23ClN2O2/c1-17-7-8-20(15-22(17)24)26-23(27)16-25-19-9-11-21(12-10-19)28-14-13-18-5-3-2-4-6-18/h2-12,15,25H,13-14,16H2,1H3,(H,26,27). The van der Waals surface area contributed by atoms with Gasteiger partial charge in [-0.2, -0.15) is 0 Å². The molecule has 0 heterocycles. The molecule has 0 spiro atoms. The molecule has 0 aliphatic heterocycles. The van der Waals surface area contributed by atoms with Crippen LogP contribution in [0.1, 0.15) is 11.1 Å². The molecule has 0 saturated heterocycles. The summed E-state index contributed by atoms with van der Waals surface area (Å²) in [5, 5.41) is 6.56. The minimum atomic E-state index is -0.136. The topological polar surface area (TPSA) is 50.4 Å². The molecule has 0 unspecified atom stereocenters. The zero-order valence-electron chi connectivity index (χ0n) is 15.7. The molecule has 0 fully saturated rings. The summed E-state index contributed by atoms with van der Waals surface area (Å²) in [6.07, 6.45) is 0.865. The van der Waals surface area contributed by atoms with E-state index in [1.165, 1.54) is 5.56 Å². The van der Waals surface area contributed by atoms with Gasteiger partial charge in [-0.15, -0.1) is 0 Å². The quantitative estimate of drug-likeness (QED) is 0.543. The first-order chi connectivity index (χ1) is 13.6. The molecule has 28 heavy (non-hydrogen) atoms. The maximum absolute atomic E-state index is 12.1. The zero-order valence-corrected chi connectivity index (χ0v) is 16.5. The van der Waals surface area contributed by atoms with E-state index in [1.807, 2.05) is 61.5 Å². The van der Waals surface area contributed by atoms with Crippen LogP contribution in [0.4, 0.5) is 11.4 Å². The van der Waals surface area contributed by atoms with Crippen LogP contribution in [-0.2, 0) is 11.2 Å². The van der Waals surface area contributed by atoms with Gasteiger partial charge in [-0.3, -0.25) is 4.79 Å². The van der Waals surface area contributed by atoms with E-state index in [9.17, 15) is 4.79 Å². The molecular formula is C23H23ClN2O2. The average Bonchev–Trinajstić information content (AvgIpc) is 2.71. The van der Waals surface area contributed by atoms with Crippen molar-refractivity contribution in [2.75, 3.05) is 23.8 Å². The lowest BCUT2D eigenvalue weighted by Gasteiger charge is -2.10. The highest BCUT2D eigenvalue weighted by Crippen LogP contribution is 2.20. The molecule has 3 aromatic rings. The number of carbonyl (C=O) groups is 1. The van der Waals surface area contributed by atoms with Crippen LogP contribution in [0, 0.1) is 6.92 Å². The first-order valence-electron chi connectivity index (χ1n) is 9.17. The van der Waals surface area contributed by atoms with Gasteiger partial charge in [0.1, 0.15) is 5.75 Å². The summed E-state index contributed by atoms with van der Waals surface area (Å²) in [5.41, 5.74) is 3.77. The van der Waals surface area contributed by atoms with Gasteiger partial charge in [0, 0.05) is 22.8 Å². The lowest BCUT2D eigenvalue weighted by Crippen LogP contribution is -2.21. The van der Waals surface area contributed by atoms with Gasteiger partial charge in [0.2, 0.25) is 5.91 Å². The minimum absolute atomic E-state index is 0.136. The van der Waals surface area contributed by atoms with Gasteiger partial charge < -0.3 is 15.4 Å². The number of rotatable bonds is 8. The van der Waals surface area contributed by atoms with Crippen LogP contribution >= 0.6 is 11.6 Å². The molecule has 2 N–H and O–H groups in total. The van der Waals surface area contributed by atoms with Gasteiger partial charge in [0.15, 0.2) is 0 Å². The van der Waals surface area contributed by atoms with Crippen LogP contribution in [-0.4, -0.2) is 19.1 Å². The molecule has 3 rings (SSSR count). The van der Waals surface area contributed by atoms with Crippen molar-refractivity contribution in [1.29, 1.82) is 0 Å². The van der Waals surface area contributed by atoms with E-state index in [2.05, 4.69) is 22.8 Å². The first-order valence-corrected chi connectivity index (χ1v) is 9.54. The van der Waals surface area contributed by atoms with Crippen molar-refractivity contribution in [2.24, 2.45) is 0 Å². The predicted molar refractivity (Wildman–Crippen MR) is 115 cm³/mol. The Morgan fingerprint density at radius 2 is 1.68 bits per heavy atom. The van der Waals surface area contributed by atoms with Crippen molar-refractivity contribution in [2.45, 2.75) is 13.3 Å². The number of carbonyl (C=O) groups excluding carboxylic acids is 1. The highest BCUT2D eigenvalue weighted by atomic mass is 35.5. The van der Waals surface area contributed by atoms with E-state index < -0.39 is 0 Å². The number of ether oxygens (including phenoxy) is 1. The second kappa shape index (κ2) is 9.81. The van der Waals surface area contributed by atoms with Crippen molar-refractivity contribution in [1.82, 2.24) is 0 Å². The smallest absolute Gasteiger partial charge is 0.243 e. The molecule has 0 aliphatic carbocycles. The molecule has 0 aromatic heterocycles. The van der Waals surface area contributed by atoms with Gasteiger partial charge in [-0.05, 0) is 54.4 Å². The zero-order chi connectivity index (χ0) is 19.8. The third kappa shape index (κ3) is 6.03. The molecule has 0 bridgehead atoms. The molecule has 0 atom stereocenters. The van der Waals surface area contributed by atoms with Gasteiger partial charge in [-0.1, -0.05) is 48.0 Å². The van der Waals surface area contributed by atoms with Crippen LogP contribution in [0.2, 0.25) is 5.02 Å². The van der Waals surface area contributed by atoms with Crippen molar-refractivity contribution >= 4 is 28.9 Å². The lowest BCUT2D eigenvalue weighted by atomic mass is 10.2. The second-order valence-electron chi connectivity index (χ2n) is 6.47. The summed E-state index contributed by atoms with van der Waals surface area (Å²) in [6, 6.07) is 23.3. The Labute approximate surface area is 170 Å². The highest BCUT2D eigenvalue weighted by molar-refractivity contribution is 6.31. The number of benzene rings is 3. The Hall–Kier alpha value is -2.98. The lowest BCUT2D eigenvalue weighted by molar-refractivity contribution is -0.114. The van der Waals surface area contributed by atoms with Gasteiger partial charge in [-0.25, -0.2) is 0 Å². The summed E-state index contributed by atoms with van der Waals surface area (Å²) in [6.45, 7) is 2.71. The Morgan fingerprint density at radius 1 is 0.964 bits per heavy atom. The fourth-order valence-corrected chi connectivity index (χ4v) is 2.84. The largest absolute Gasteiger partial charge is 0.493 e. The number of halogens is 1. The van der Waals surface area contributed by atoms with Crippen LogP contribution < -0.4 is 15.4 Å². The normalized spacial score (nSPS) is 10.4. The van der Waals surface area contributed by atoms with Crippen LogP contribution in [0.15, 0.2) is 72.8 Å². The summed E-state index contributed by atoms with van der Waals surface area (Å²) in [7, 11) is 0. The van der Waals surface area contributed by atoms with Gasteiger partial charge in [0.25, 0.3) is 0 Å². The Kier molecular flexibility index (Phi) is 6.93. The second-order valence-corrected chi connectivity index (χ2v) is 6.88. The number of aryl methyl sites for hydroxylation is 1. The maximum Gasteiger partial charge on any atom is 0.243 e. The van der Waals surface area contributed by atoms with Gasteiger partial charge in [0.05, 0.1) is 13.2 Å². The maximum atomic E-state index is 12.1. The Bertz CT molecular complexity index is 912. The van der Waals surface area contributed by atoms with Crippen molar-refractivity contribution < 1.29 is 9.53 Å². The molecule has 3 aromatic carbocycles. The van der Waals surface area contributed by atoms with Crippen LogP contribution in [0.5, 0.6) is 5.75 Å². The third-order valence-corrected chi connectivity index (χ3v) is 4.67. The number of anilines is 2. The van der Waals surface area contributed by atoms with Gasteiger partial charge >= 0.3 is 0 Å². The molecule has 0 saturated carbocycles. The first kappa shape index (κ1) is 19.8. The molecule has 0 aliphatic rings. The molecular weight excluding hydrogens is 372 g/mol. The summed E-state index contributed by atoms with van der Waals surface area (Å²) in [5.74, 6) is 0.670. The average molecular weight is 395 g/mol. The van der Waals surface area contributed by atoms with E-state index in [0.717, 1.165) is 23.4 Å². The summed E-state index contributed by atoms with van der Waals surface area (Å²) in [4.78, 5) is 12.1. The molecule has 0 radical (unpaired) electrons. The molecule has 4 nitrogen and oxygen atoms in total. The van der Waals surface area contributed by atoms with E-state index in [-0.39, 0.29) is 12.5 Å². The number of nitrogens with one attached hydrogen (secondary N) is 2. The molecule has 5 heteroatoms. The number of hydrogen-bond donors (Lipinski definition) is 2. The minimum Gasteiger partial charge on any atom is -0.493 e. The summed E-state index contributed by atoms with van der Waals surface area (Å²) >= 11 is 6.08. The fraction of sp³-hybridized carbons (Fsp3) is 0.174. The van der Waals surface area contributed by atoms with Crippen molar-refractivity contribution in [3.8, 4) is 5.75 Å². The Morgan fingerprint density at radius 3 is 2.39 bits per heavy atom. The Balaban J connectivity index is 1.42. The SMILES string of the molecule is Cc1ccc(NC(=O)CNc2ccc(OCCc3ccccc3)cc2)cc1Cl. The van der Waals surface area contributed by atoms with Crippen LogP contribution in [0.25, 0.3) is 0 Å². The monoisotopic (exact) mass is 394 g/mol. The molecule has 1 amide bonds. The predicted octanol–water partition coefficient (Wildman–Crippen LogP) is 5.32. The molecule has 144 valence electrons. The highest BCUT2D eigenvalue weighted by Gasteiger charge is 2.04. The van der Waals surface area contributed by atoms with E-state index in [4.69, 9.17) is 16.3 Å². The van der Waals surface area contributed by atoms with Crippen molar-refractivity contribution in [3.63, 3.8) is 0 Å². The van der Waals surface area contributed by atoms with Crippen molar-refractivity contribution in [3.05, 3.63) is 88.9 Å². The van der Waals surface area contributed by atoms with Crippen LogP contribution in [0.3, 0.4) is 0 Å². The third-order valence-electron chi connectivity index (χ3n) is 4.27. The van der Waals surface area contributed by atoms with E-state index >= 15 is 0 Å². The fourth-order valence-electron chi connectivity index (χ4n) is 2.66.